The van der Waals surface area contributed by atoms with Crippen LogP contribution in [0.5, 0.6) is 17.2 Å². The highest BCUT2D eigenvalue weighted by Gasteiger charge is 2.35. The van der Waals surface area contributed by atoms with Crippen LogP contribution >= 0.6 is 11.8 Å². The average Bonchev–Trinajstić information content (AvgIpc) is 3.04. The third kappa shape index (κ3) is 5.18. The molecule has 0 saturated carbocycles. The zero-order chi connectivity index (χ0) is 22.4. The van der Waals surface area contributed by atoms with Gasteiger partial charge in [0, 0.05) is 13.0 Å². The van der Waals surface area contributed by atoms with Crippen LogP contribution in [-0.4, -0.2) is 49.8 Å². The molecule has 9 heteroatoms. The zero-order valence-electron chi connectivity index (χ0n) is 17.3. The van der Waals surface area contributed by atoms with Crippen LogP contribution in [0.4, 0.5) is 10.5 Å². The van der Waals surface area contributed by atoms with Gasteiger partial charge in [-0.15, -0.1) is 0 Å². The standard InChI is InChI=1S/C22H22N2O6S/c1-28-16-7-5-4-6-15(16)23-20(25)10-11-24-21(26)19(31-22(24)27)13-14-8-9-17(29-2)18(12-14)30-3/h4-9,12-13H,10-11H2,1-3H3,(H,23,25). The van der Waals surface area contributed by atoms with Gasteiger partial charge < -0.3 is 19.5 Å². The molecule has 2 aromatic rings. The first-order chi connectivity index (χ1) is 15.0. The third-order valence-electron chi connectivity index (χ3n) is 4.52. The first kappa shape index (κ1) is 22.2. The minimum absolute atomic E-state index is 0.0189. The van der Waals surface area contributed by atoms with Gasteiger partial charge in [0.25, 0.3) is 11.1 Å². The fraction of sp³-hybridized carbons (Fsp3) is 0.227. The summed E-state index contributed by atoms with van der Waals surface area (Å²) >= 11 is 0.837. The number of imide groups is 1. The van der Waals surface area contributed by atoms with Crippen molar-refractivity contribution in [3.63, 3.8) is 0 Å². The van der Waals surface area contributed by atoms with Crippen LogP contribution < -0.4 is 19.5 Å². The van der Waals surface area contributed by atoms with Crippen molar-refractivity contribution in [2.45, 2.75) is 6.42 Å². The van der Waals surface area contributed by atoms with Crippen LogP contribution in [0, 0.1) is 0 Å². The molecule has 0 bridgehead atoms. The summed E-state index contributed by atoms with van der Waals surface area (Å²) in [6.07, 6.45) is 1.58. The van der Waals surface area contributed by atoms with Gasteiger partial charge in [0.1, 0.15) is 5.75 Å². The summed E-state index contributed by atoms with van der Waals surface area (Å²) in [6, 6.07) is 12.2. The Morgan fingerprint density at radius 1 is 1.00 bits per heavy atom. The molecule has 0 unspecified atom stereocenters. The summed E-state index contributed by atoms with van der Waals surface area (Å²) in [5, 5.41) is 2.31. The number of para-hydroxylation sites is 2. The number of hydrogen-bond donors (Lipinski definition) is 1. The molecule has 3 amide bonds. The molecule has 8 nitrogen and oxygen atoms in total. The maximum Gasteiger partial charge on any atom is 0.293 e. The first-order valence-corrected chi connectivity index (χ1v) is 10.2. The second-order valence-electron chi connectivity index (χ2n) is 6.45. The average molecular weight is 442 g/mol. The highest BCUT2D eigenvalue weighted by atomic mass is 32.2. The van der Waals surface area contributed by atoms with E-state index in [1.165, 1.54) is 21.3 Å². The van der Waals surface area contributed by atoms with Gasteiger partial charge in [-0.05, 0) is 47.7 Å². The Bertz CT molecular complexity index is 1040. The van der Waals surface area contributed by atoms with E-state index in [9.17, 15) is 14.4 Å². The molecule has 0 atom stereocenters. The van der Waals surface area contributed by atoms with Gasteiger partial charge in [0.05, 0.1) is 31.9 Å². The number of nitrogens with zero attached hydrogens (tertiary/aromatic N) is 1. The predicted octanol–water partition coefficient (Wildman–Crippen LogP) is 3.78. The molecule has 162 valence electrons. The van der Waals surface area contributed by atoms with Gasteiger partial charge in [0.15, 0.2) is 11.5 Å². The quantitative estimate of drug-likeness (QED) is 0.622. The van der Waals surface area contributed by atoms with Crippen molar-refractivity contribution >= 4 is 40.6 Å². The molecular formula is C22H22N2O6S. The van der Waals surface area contributed by atoms with Gasteiger partial charge >= 0.3 is 0 Å². The zero-order valence-corrected chi connectivity index (χ0v) is 18.2. The Labute approximate surface area is 184 Å². The highest BCUT2D eigenvalue weighted by molar-refractivity contribution is 8.18. The molecule has 2 aromatic carbocycles. The van der Waals surface area contributed by atoms with E-state index in [0.717, 1.165) is 16.7 Å². The van der Waals surface area contributed by atoms with Crippen molar-refractivity contribution in [1.29, 1.82) is 0 Å². The minimum atomic E-state index is -0.435. The molecule has 1 heterocycles. The summed E-state index contributed by atoms with van der Waals surface area (Å²) in [7, 11) is 4.56. The lowest BCUT2D eigenvalue weighted by molar-refractivity contribution is -0.123. The number of thioether (sulfide) groups is 1. The second-order valence-corrected chi connectivity index (χ2v) is 7.44. The van der Waals surface area contributed by atoms with Crippen LogP contribution in [0.15, 0.2) is 47.4 Å². The van der Waals surface area contributed by atoms with E-state index in [2.05, 4.69) is 5.32 Å². The predicted molar refractivity (Wildman–Crippen MR) is 118 cm³/mol. The van der Waals surface area contributed by atoms with Crippen molar-refractivity contribution in [3.8, 4) is 17.2 Å². The van der Waals surface area contributed by atoms with Crippen molar-refractivity contribution < 1.29 is 28.6 Å². The Morgan fingerprint density at radius 2 is 1.71 bits per heavy atom. The van der Waals surface area contributed by atoms with E-state index >= 15 is 0 Å². The Hall–Kier alpha value is -3.46. The lowest BCUT2D eigenvalue weighted by atomic mass is 10.2. The summed E-state index contributed by atoms with van der Waals surface area (Å²) in [4.78, 5) is 38.6. The largest absolute Gasteiger partial charge is 0.495 e. The fourth-order valence-corrected chi connectivity index (χ4v) is 3.83. The molecule has 1 aliphatic heterocycles. The molecule has 0 aromatic heterocycles. The van der Waals surface area contributed by atoms with Crippen molar-refractivity contribution in [2.75, 3.05) is 33.2 Å². The van der Waals surface area contributed by atoms with Gasteiger partial charge in [-0.3, -0.25) is 19.3 Å². The number of carbonyl (C=O) groups excluding carboxylic acids is 3. The van der Waals surface area contributed by atoms with Crippen LogP contribution in [-0.2, 0) is 9.59 Å². The number of hydrogen-bond acceptors (Lipinski definition) is 7. The van der Waals surface area contributed by atoms with Crippen LogP contribution in [0.3, 0.4) is 0 Å². The van der Waals surface area contributed by atoms with Gasteiger partial charge in [-0.1, -0.05) is 18.2 Å². The van der Waals surface area contributed by atoms with E-state index in [0.29, 0.717) is 28.5 Å². The molecule has 1 N–H and O–H groups in total. The van der Waals surface area contributed by atoms with Crippen LogP contribution in [0.1, 0.15) is 12.0 Å². The summed E-state index contributed by atoms with van der Waals surface area (Å²) in [5.74, 6) is 0.847. The number of nitrogens with one attached hydrogen (secondary N) is 1. The van der Waals surface area contributed by atoms with Crippen LogP contribution in [0.2, 0.25) is 0 Å². The number of rotatable bonds is 8. The van der Waals surface area contributed by atoms with E-state index in [-0.39, 0.29) is 23.8 Å². The number of ether oxygens (including phenoxy) is 3. The number of methoxy groups -OCH3 is 3. The smallest absolute Gasteiger partial charge is 0.293 e. The van der Waals surface area contributed by atoms with E-state index in [1.54, 1.807) is 48.5 Å². The molecule has 1 aliphatic rings. The SMILES string of the molecule is COc1ccccc1NC(=O)CCN1C(=O)SC(=Cc2ccc(OC)c(OC)c2)C1=O. The number of benzene rings is 2. The summed E-state index contributed by atoms with van der Waals surface area (Å²) < 4.78 is 15.7. The highest BCUT2D eigenvalue weighted by Crippen LogP contribution is 2.34. The third-order valence-corrected chi connectivity index (χ3v) is 5.43. The van der Waals surface area contributed by atoms with Gasteiger partial charge in [0.2, 0.25) is 5.91 Å². The summed E-state index contributed by atoms with van der Waals surface area (Å²) in [5.41, 5.74) is 1.22. The molecule has 0 aliphatic carbocycles. The van der Waals surface area contributed by atoms with E-state index in [1.807, 2.05) is 0 Å². The number of amides is 3. The minimum Gasteiger partial charge on any atom is -0.495 e. The Morgan fingerprint density at radius 3 is 2.42 bits per heavy atom. The molecule has 31 heavy (non-hydrogen) atoms. The molecule has 1 fully saturated rings. The molecule has 1 saturated heterocycles. The van der Waals surface area contributed by atoms with E-state index < -0.39 is 11.1 Å². The maximum atomic E-state index is 12.7. The van der Waals surface area contributed by atoms with Crippen molar-refractivity contribution in [2.24, 2.45) is 0 Å². The number of anilines is 1. The van der Waals surface area contributed by atoms with Crippen LogP contribution in [0.25, 0.3) is 6.08 Å². The van der Waals surface area contributed by atoms with Gasteiger partial charge in [-0.25, -0.2) is 0 Å². The fourth-order valence-electron chi connectivity index (χ4n) is 2.96. The first-order valence-electron chi connectivity index (χ1n) is 9.37. The summed E-state index contributed by atoms with van der Waals surface area (Å²) in [6.45, 7) is -0.0189. The topological polar surface area (TPSA) is 94.2 Å². The van der Waals surface area contributed by atoms with Crippen molar-refractivity contribution in [3.05, 3.63) is 52.9 Å². The monoisotopic (exact) mass is 442 g/mol. The lowest BCUT2D eigenvalue weighted by Gasteiger charge is -2.13. The van der Waals surface area contributed by atoms with Crippen molar-refractivity contribution in [1.82, 2.24) is 4.90 Å². The molecule has 3 rings (SSSR count). The molecular weight excluding hydrogens is 420 g/mol. The lowest BCUT2D eigenvalue weighted by Crippen LogP contribution is -2.31. The second kappa shape index (κ2) is 10.0. The number of carbonyl (C=O) groups is 3. The van der Waals surface area contributed by atoms with E-state index in [4.69, 9.17) is 14.2 Å². The Balaban J connectivity index is 1.65. The Kier molecular flexibility index (Phi) is 7.19. The normalized spacial score (nSPS) is 14.7. The van der Waals surface area contributed by atoms with Gasteiger partial charge in [-0.2, -0.15) is 0 Å². The maximum absolute atomic E-state index is 12.7. The molecule has 0 spiro atoms. The molecule has 0 radical (unpaired) electrons.